The number of fused-ring (bicyclic) bond motifs is 1. The molecule has 1 atom stereocenters. The second kappa shape index (κ2) is 8.50. The van der Waals surface area contributed by atoms with Gasteiger partial charge in [-0.05, 0) is 42.0 Å². The Labute approximate surface area is 177 Å². The molecule has 0 fully saturated rings. The quantitative estimate of drug-likeness (QED) is 0.366. The van der Waals surface area contributed by atoms with Crippen molar-refractivity contribution in [2.45, 2.75) is 6.10 Å². The SMILES string of the molecule is O=C(/C=C/c1ccc([N+](=O)[O-])cc1)Nc1ccc2c(c1)NC(=O)C(c1ccccc1)O2. The molecule has 8 heteroatoms. The molecule has 0 radical (unpaired) electrons. The van der Waals surface area contributed by atoms with Gasteiger partial charge in [0.05, 0.1) is 10.6 Å². The van der Waals surface area contributed by atoms with Crippen LogP contribution in [-0.2, 0) is 9.59 Å². The number of rotatable bonds is 5. The molecule has 0 spiro atoms. The van der Waals surface area contributed by atoms with Gasteiger partial charge in [-0.3, -0.25) is 19.7 Å². The summed E-state index contributed by atoms with van der Waals surface area (Å²) in [5.41, 5.74) is 2.33. The van der Waals surface area contributed by atoms with E-state index in [9.17, 15) is 19.7 Å². The molecule has 31 heavy (non-hydrogen) atoms. The van der Waals surface area contributed by atoms with E-state index in [1.807, 2.05) is 30.3 Å². The van der Waals surface area contributed by atoms with Gasteiger partial charge in [0, 0.05) is 29.5 Å². The van der Waals surface area contributed by atoms with E-state index in [0.717, 1.165) is 5.56 Å². The van der Waals surface area contributed by atoms with Crippen molar-refractivity contribution in [3.8, 4) is 5.75 Å². The van der Waals surface area contributed by atoms with Crippen LogP contribution >= 0.6 is 0 Å². The van der Waals surface area contributed by atoms with Crippen molar-refractivity contribution < 1.29 is 19.2 Å². The summed E-state index contributed by atoms with van der Waals surface area (Å²) < 4.78 is 5.84. The molecule has 4 rings (SSSR count). The second-order valence-electron chi connectivity index (χ2n) is 6.78. The van der Waals surface area contributed by atoms with E-state index < -0.39 is 11.0 Å². The third-order valence-corrected chi connectivity index (χ3v) is 4.62. The van der Waals surface area contributed by atoms with E-state index in [2.05, 4.69) is 10.6 Å². The van der Waals surface area contributed by atoms with Gasteiger partial charge in [0.2, 0.25) is 12.0 Å². The molecule has 1 heterocycles. The molecular weight excluding hydrogens is 398 g/mol. The van der Waals surface area contributed by atoms with Crippen molar-refractivity contribution in [3.05, 3.63) is 100 Å². The van der Waals surface area contributed by atoms with Gasteiger partial charge >= 0.3 is 0 Å². The van der Waals surface area contributed by atoms with E-state index in [1.165, 1.54) is 18.2 Å². The summed E-state index contributed by atoms with van der Waals surface area (Å²) >= 11 is 0. The lowest BCUT2D eigenvalue weighted by Gasteiger charge is -2.26. The smallest absolute Gasteiger partial charge is 0.270 e. The Morgan fingerprint density at radius 1 is 1.06 bits per heavy atom. The van der Waals surface area contributed by atoms with E-state index >= 15 is 0 Å². The summed E-state index contributed by atoms with van der Waals surface area (Å²) in [7, 11) is 0. The van der Waals surface area contributed by atoms with Crippen LogP contribution < -0.4 is 15.4 Å². The Bertz CT molecular complexity index is 1170. The minimum atomic E-state index is -0.737. The highest BCUT2D eigenvalue weighted by molar-refractivity contribution is 6.03. The number of benzene rings is 3. The van der Waals surface area contributed by atoms with Crippen LogP contribution in [0.3, 0.4) is 0 Å². The lowest BCUT2D eigenvalue weighted by molar-refractivity contribution is -0.384. The van der Waals surface area contributed by atoms with Gasteiger partial charge in [0.1, 0.15) is 5.75 Å². The number of anilines is 2. The Kier molecular flexibility index (Phi) is 5.44. The summed E-state index contributed by atoms with van der Waals surface area (Å²) in [6, 6.07) is 20.0. The van der Waals surface area contributed by atoms with Crippen molar-refractivity contribution in [2.24, 2.45) is 0 Å². The zero-order valence-electron chi connectivity index (χ0n) is 16.1. The van der Waals surface area contributed by atoms with Crippen LogP contribution in [0.1, 0.15) is 17.2 Å². The molecule has 154 valence electrons. The van der Waals surface area contributed by atoms with Gasteiger partial charge < -0.3 is 15.4 Å². The molecule has 2 N–H and O–H groups in total. The molecule has 8 nitrogen and oxygen atoms in total. The van der Waals surface area contributed by atoms with Crippen LogP contribution in [0.5, 0.6) is 5.75 Å². The normalized spacial score (nSPS) is 15.0. The number of hydrogen-bond acceptors (Lipinski definition) is 5. The molecule has 0 aliphatic carbocycles. The van der Waals surface area contributed by atoms with Gasteiger partial charge in [-0.15, -0.1) is 0 Å². The fraction of sp³-hybridized carbons (Fsp3) is 0.0435. The molecule has 0 bridgehead atoms. The van der Waals surface area contributed by atoms with Crippen molar-refractivity contribution in [2.75, 3.05) is 10.6 Å². The predicted molar refractivity (Wildman–Crippen MR) is 116 cm³/mol. The molecule has 3 aromatic carbocycles. The lowest BCUT2D eigenvalue weighted by atomic mass is 10.1. The Hall–Kier alpha value is -4.46. The highest BCUT2D eigenvalue weighted by atomic mass is 16.6. The lowest BCUT2D eigenvalue weighted by Crippen LogP contribution is -2.30. The zero-order valence-corrected chi connectivity index (χ0v) is 16.1. The largest absolute Gasteiger partial charge is 0.474 e. The topological polar surface area (TPSA) is 111 Å². The Morgan fingerprint density at radius 3 is 2.52 bits per heavy atom. The van der Waals surface area contributed by atoms with Gasteiger partial charge in [-0.2, -0.15) is 0 Å². The van der Waals surface area contributed by atoms with Crippen LogP contribution in [-0.4, -0.2) is 16.7 Å². The van der Waals surface area contributed by atoms with Crippen molar-refractivity contribution >= 4 is 35.0 Å². The zero-order chi connectivity index (χ0) is 21.8. The highest BCUT2D eigenvalue weighted by Crippen LogP contribution is 2.36. The minimum absolute atomic E-state index is 0.0190. The molecule has 0 saturated carbocycles. The first-order valence-corrected chi connectivity index (χ1v) is 9.39. The molecule has 0 saturated heterocycles. The summed E-state index contributed by atoms with van der Waals surface area (Å²) in [6.45, 7) is 0. The number of nitro groups is 1. The van der Waals surface area contributed by atoms with Crippen LogP contribution in [0, 0.1) is 10.1 Å². The number of non-ortho nitro benzene ring substituents is 1. The van der Waals surface area contributed by atoms with Crippen LogP contribution in [0.4, 0.5) is 17.1 Å². The van der Waals surface area contributed by atoms with E-state index in [4.69, 9.17) is 4.74 Å². The standard InChI is InChI=1S/C23H17N3O5/c27-21(13-8-15-6-10-18(11-7-15)26(29)30)24-17-9-12-20-19(14-17)25-23(28)22(31-20)16-4-2-1-3-5-16/h1-14,22H,(H,24,27)(H,25,28)/b13-8+. The third-order valence-electron chi connectivity index (χ3n) is 4.62. The third kappa shape index (κ3) is 4.59. The number of ether oxygens (including phenoxy) is 1. The molecule has 2 amide bonds. The summed E-state index contributed by atoms with van der Waals surface area (Å²) in [4.78, 5) is 34.8. The van der Waals surface area contributed by atoms with Gasteiger partial charge in [0.15, 0.2) is 0 Å². The Balaban J connectivity index is 1.42. The molecule has 0 aromatic heterocycles. The van der Waals surface area contributed by atoms with E-state index in [0.29, 0.717) is 22.7 Å². The highest BCUT2D eigenvalue weighted by Gasteiger charge is 2.29. The maximum absolute atomic E-state index is 12.4. The maximum atomic E-state index is 12.4. The summed E-state index contributed by atoms with van der Waals surface area (Å²) in [5, 5.41) is 16.2. The maximum Gasteiger partial charge on any atom is 0.270 e. The van der Waals surface area contributed by atoms with Crippen molar-refractivity contribution in [1.29, 1.82) is 0 Å². The van der Waals surface area contributed by atoms with E-state index in [1.54, 1.807) is 36.4 Å². The average molecular weight is 415 g/mol. The van der Waals surface area contributed by atoms with E-state index in [-0.39, 0.29) is 17.5 Å². The number of carbonyl (C=O) groups excluding carboxylic acids is 2. The number of carbonyl (C=O) groups is 2. The van der Waals surface area contributed by atoms with Gasteiger partial charge in [-0.25, -0.2) is 0 Å². The monoisotopic (exact) mass is 415 g/mol. The molecular formula is C23H17N3O5. The fourth-order valence-electron chi connectivity index (χ4n) is 3.10. The molecule has 1 unspecified atom stereocenters. The first kappa shape index (κ1) is 19.8. The Morgan fingerprint density at radius 2 is 1.81 bits per heavy atom. The number of amides is 2. The summed E-state index contributed by atoms with van der Waals surface area (Å²) in [6.07, 6.45) is 2.13. The molecule has 1 aliphatic heterocycles. The number of nitro benzene ring substituents is 1. The first-order valence-electron chi connectivity index (χ1n) is 9.39. The number of hydrogen-bond donors (Lipinski definition) is 2. The van der Waals surface area contributed by atoms with Crippen LogP contribution in [0.25, 0.3) is 6.08 Å². The predicted octanol–water partition coefficient (Wildman–Crippen LogP) is 4.32. The number of nitrogens with one attached hydrogen (secondary N) is 2. The fourth-order valence-corrected chi connectivity index (χ4v) is 3.10. The molecule has 3 aromatic rings. The summed E-state index contributed by atoms with van der Waals surface area (Å²) in [5.74, 6) is -0.170. The molecule has 1 aliphatic rings. The second-order valence-corrected chi connectivity index (χ2v) is 6.78. The van der Waals surface area contributed by atoms with Gasteiger partial charge in [0.25, 0.3) is 11.6 Å². The minimum Gasteiger partial charge on any atom is -0.474 e. The van der Waals surface area contributed by atoms with Crippen LogP contribution in [0.2, 0.25) is 0 Å². The van der Waals surface area contributed by atoms with Crippen molar-refractivity contribution in [3.63, 3.8) is 0 Å². The van der Waals surface area contributed by atoms with Crippen LogP contribution in [0.15, 0.2) is 78.9 Å². The first-order chi connectivity index (χ1) is 15.0. The van der Waals surface area contributed by atoms with Crippen molar-refractivity contribution in [1.82, 2.24) is 0 Å². The van der Waals surface area contributed by atoms with Gasteiger partial charge in [-0.1, -0.05) is 30.3 Å². The number of nitrogens with zero attached hydrogens (tertiary/aromatic N) is 1. The average Bonchev–Trinajstić information content (AvgIpc) is 2.78.